The molecule has 0 aliphatic carbocycles. The fourth-order valence-electron chi connectivity index (χ4n) is 1.52. The standard InChI is InChI=1S/C11H18N2O2/c1-2-6-13-11(14)5-9-15-10-3-7-12-8-4-10/h1,10,12H,3-9H2,(H,13,14). The summed E-state index contributed by atoms with van der Waals surface area (Å²) in [5, 5.41) is 5.86. The molecule has 0 spiro atoms. The summed E-state index contributed by atoms with van der Waals surface area (Å²) in [6.45, 7) is 2.80. The Morgan fingerprint density at radius 2 is 2.27 bits per heavy atom. The number of rotatable bonds is 5. The summed E-state index contributed by atoms with van der Waals surface area (Å²) in [6, 6.07) is 0. The fourth-order valence-corrected chi connectivity index (χ4v) is 1.52. The lowest BCUT2D eigenvalue weighted by molar-refractivity contribution is -0.122. The van der Waals surface area contributed by atoms with Gasteiger partial charge in [-0.25, -0.2) is 0 Å². The number of amides is 1. The van der Waals surface area contributed by atoms with Crippen molar-refractivity contribution in [3.63, 3.8) is 0 Å². The monoisotopic (exact) mass is 210 g/mol. The van der Waals surface area contributed by atoms with Gasteiger partial charge in [0.05, 0.1) is 19.3 Å². The molecule has 4 nitrogen and oxygen atoms in total. The van der Waals surface area contributed by atoms with Crippen molar-refractivity contribution in [3.8, 4) is 12.3 Å². The molecule has 15 heavy (non-hydrogen) atoms. The van der Waals surface area contributed by atoms with E-state index in [0.717, 1.165) is 25.9 Å². The second-order valence-corrected chi connectivity index (χ2v) is 3.55. The minimum atomic E-state index is -0.0399. The van der Waals surface area contributed by atoms with Crippen LogP contribution in [0.1, 0.15) is 19.3 Å². The van der Waals surface area contributed by atoms with E-state index in [-0.39, 0.29) is 5.91 Å². The number of carbonyl (C=O) groups excluding carboxylic acids is 1. The summed E-state index contributed by atoms with van der Waals surface area (Å²) < 4.78 is 5.58. The van der Waals surface area contributed by atoms with Crippen LogP contribution in [0.2, 0.25) is 0 Å². The number of piperidine rings is 1. The van der Waals surface area contributed by atoms with Crippen molar-refractivity contribution in [2.45, 2.75) is 25.4 Å². The van der Waals surface area contributed by atoms with E-state index in [1.165, 1.54) is 0 Å². The minimum absolute atomic E-state index is 0.0399. The number of hydrogen-bond donors (Lipinski definition) is 2. The third-order valence-electron chi connectivity index (χ3n) is 2.36. The highest BCUT2D eigenvalue weighted by atomic mass is 16.5. The zero-order valence-electron chi connectivity index (χ0n) is 8.92. The van der Waals surface area contributed by atoms with E-state index in [9.17, 15) is 4.79 Å². The van der Waals surface area contributed by atoms with Crippen LogP contribution in [0, 0.1) is 12.3 Å². The minimum Gasteiger partial charge on any atom is -0.378 e. The Kier molecular flexibility index (Phi) is 5.83. The molecule has 0 aromatic rings. The summed E-state index contributed by atoms with van der Waals surface area (Å²) in [5.74, 6) is 2.32. The van der Waals surface area contributed by atoms with Gasteiger partial charge >= 0.3 is 0 Å². The first-order chi connectivity index (χ1) is 7.33. The lowest BCUT2D eigenvalue weighted by Gasteiger charge is -2.22. The highest BCUT2D eigenvalue weighted by molar-refractivity contribution is 5.76. The molecule has 4 heteroatoms. The fraction of sp³-hybridized carbons (Fsp3) is 0.727. The highest BCUT2D eigenvalue weighted by Gasteiger charge is 2.13. The summed E-state index contributed by atoms with van der Waals surface area (Å²) in [5.41, 5.74) is 0. The first-order valence-corrected chi connectivity index (χ1v) is 5.35. The Morgan fingerprint density at radius 1 is 1.53 bits per heavy atom. The van der Waals surface area contributed by atoms with Crippen molar-refractivity contribution < 1.29 is 9.53 Å². The maximum Gasteiger partial charge on any atom is 0.223 e. The quantitative estimate of drug-likeness (QED) is 0.623. The molecule has 0 bridgehead atoms. The van der Waals surface area contributed by atoms with Gasteiger partial charge in [0.2, 0.25) is 5.91 Å². The molecule has 0 unspecified atom stereocenters. The Morgan fingerprint density at radius 3 is 2.93 bits per heavy atom. The molecule has 1 rings (SSSR count). The lowest BCUT2D eigenvalue weighted by Crippen LogP contribution is -2.33. The molecule has 1 aliphatic rings. The summed E-state index contributed by atoms with van der Waals surface area (Å²) in [4.78, 5) is 11.1. The molecule has 0 aromatic heterocycles. The van der Waals surface area contributed by atoms with Gasteiger partial charge in [0.1, 0.15) is 0 Å². The van der Waals surface area contributed by atoms with Crippen molar-refractivity contribution in [2.75, 3.05) is 26.2 Å². The molecule has 1 aliphatic heterocycles. The molecule has 2 N–H and O–H groups in total. The third-order valence-corrected chi connectivity index (χ3v) is 2.36. The number of carbonyl (C=O) groups is 1. The smallest absolute Gasteiger partial charge is 0.223 e. The van der Waals surface area contributed by atoms with Crippen LogP contribution >= 0.6 is 0 Å². The van der Waals surface area contributed by atoms with Gasteiger partial charge < -0.3 is 15.4 Å². The van der Waals surface area contributed by atoms with Crippen molar-refractivity contribution in [2.24, 2.45) is 0 Å². The Hall–Kier alpha value is -1.05. The van der Waals surface area contributed by atoms with Crippen molar-refractivity contribution in [1.82, 2.24) is 10.6 Å². The second kappa shape index (κ2) is 7.27. The molecular formula is C11H18N2O2. The molecule has 0 saturated carbocycles. The van der Waals surface area contributed by atoms with Gasteiger partial charge in [0.15, 0.2) is 0 Å². The van der Waals surface area contributed by atoms with Gasteiger partial charge in [-0.05, 0) is 25.9 Å². The van der Waals surface area contributed by atoms with Crippen LogP contribution in [0.3, 0.4) is 0 Å². The van der Waals surface area contributed by atoms with Crippen LogP contribution in [0.25, 0.3) is 0 Å². The van der Waals surface area contributed by atoms with Crippen molar-refractivity contribution >= 4 is 5.91 Å². The van der Waals surface area contributed by atoms with Gasteiger partial charge in [-0.2, -0.15) is 0 Å². The zero-order valence-corrected chi connectivity index (χ0v) is 8.92. The molecule has 0 atom stereocenters. The number of ether oxygens (including phenoxy) is 1. The van der Waals surface area contributed by atoms with Crippen LogP contribution in [-0.4, -0.2) is 38.3 Å². The largest absolute Gasteiger partial charge is 0.378 e. The van der Waals surface area contributed by atoms with Crippen molar-refractivity contribution in [1.29, 1.82) is 0 Å². The first kappa shape index (κ1) is 12.0. The van der Waals surface area contributed by atoms with Crippen LogP contribution in [0.15, 0.2) is 0 Å². The van der Waals surface area contributed by atoms with Gasteiger partial charge in [-0.3, -0.25) is 4.79 Å². The van der Waals surface area contributed by atoms with E-state index >= 15 is 0 Å². The van der Waals surface area contributed by atoms with Gasteiger partial charge in [0, 0.05) is 6.42 Å². The van der Waals surface area contributed by atoms with Gasteiger partial charge in [-0.15, -0.1) is 6.42 Å². The first-order valence-electron chi connectivity index (χ1n) is 5.35. The molecule has 0 aromatic carbocycles. The second-order valence-electron chi connectivity index (χ2n) is 3.55. The van der Waals surface area contributed by atoms with Crippen LogP contribution in [0.4, 0.5) is 0 Å². The average molecular weight is 210 g/mol. The topological polar surface area (TPSA) is 50.4 Å². The Bertz CT molecular complexity index is 229. The van der Waals surface area contributed by atoms with Crippen LogP contribution < -0.4 is 10.6 Å². The predicted molar refractivity (Wildman–Crippen MR) is 58.3 cm³/mol. The molecule has 84 valence electrons. The summed E-state index contributed by atoms with van der Waals surface area (Å²) in [7, 11) is 0. The SMILES string of the molecule is C#CCNC(=O)CCOC1CCNCC1. The molecule has 1 saturated heterocycles. The summed E-state index contributed by atoms with van der Waals surface area (Å²) >= 11 is 0. The van der Waals surface area contributed by atoms with Crippen LogP contribution in [0.5, 0.6) is 0 Å². The summed E-state index contributed by atoms with van der Waals surface area (Å²) in [6.07, 6.45) is 7.79. The third kappa shape index (κ3) is 5.40. The molecular weight excluding hydrogens is 192 g/mol. The molecule has 1 amide bonds. The highest BCUT2D eigenvalue weighted by Crippen LogP contribution is 2.07. The maximum atomic E-state index is 11.1. The maximum absolute atomic E-state index is 11.1. The van der Waals surface area contributed by atoms with Gasteiger partial charge in [0.25, 0.3) is 0 Å². The number of hydrogen-bond acceptors (Lipinski definition) is 3. The molecule has 0 radical (unpaired) electrons. The van der Waals surface area contributed by atoms with E-state index in [2.05, 4.69) is 16.6 Å². The van der Waals surface area contributed by atoms with E-state index in [1.807, 2.05) is 0 Å². The predicted octanol–water partition coefficient (Wildman–Crippen LogP) is -0.105. The lowest BCUT2D eigenvalue weighted by atomic mass is 10.1. The van der Waals surface area contributed by atoms with Crippen molar-refractivity contribution in [3.05, 3.63) is 0 Å². The van der Waals surface area contributed by atoms with E-state index < -0.39 is 0 Å². The van der Waals surface area contributed by atoms with Gasteiger partial charge in [-0.1, -0.05) is 5.92 Å². The van der Waals surface area contributed by atoms with Crippen LogP contribution in [-0.2, 0) is 9.53 Å². The molecule has 1 fully saturated rings. The normalized spacial score (nSPS) is 17.0. The Balaban J connectivity index is 2.00. The number of terminal acetylenes is 1. The van der Waals surface area contributed by atoms with E-state index in [0.29, 0.717) is 25.7 Å². The zero-order chi connectivity index (χ0) is 10.9. The number of nitrogens with one attached hydrogen (secondary N) is 2. The Labute approximate surface area is 90.8 Å². The average Bonchev–Trinajstić information content (AvgIpc) is 2.28. The van der Waals surface area contributed by atoms with E-state index in [1.54, 1.807) is 0 Å². The molecule has 1 heterocycles. The van der Waals surface area contributed by atoms with E-state index in [4.69, 9.17) is 11.2 Å².